The van der Waals surface area contributed by atoms with Crippen LogP contribution in [0, 0.1) is 17.1 Å². The lowest BCUT2D eigenvalue weighted by molar-refractivity contribution is -0.131. The van der Waals surface area contributed by atoms with Crippen LogP contribution in [0.1, 0.15) is 37.8 Å². The van der Waals surface area contributed by atoms with Gasteiger partial charge >= 0.3 is 0 Å². The Morgan fingerprint density at radius 3 is 2.72 bits per heavy atom. The monoisotopic (exact) mass is 248 g/mol. The van der Waals surface area contributed by atoms with Gasteiger partial charge in [-0.25, -0.2) is 4.39 Å². The maximum atomic E-state index is 13.6. The van der Waals surface area contributed by atoms with Crippen LogP contribution in [0.15, 0.2) is 24.3 Å². The minimum atomic E-state index is -0.865. The first-order valence-corrected chi connectivity index (χ1v) is 6.01. The van der Waals surface area contributed by atoms with Crippen molar-refractivity contribution in [3.8, 4) is 6.07 Å². The number of halogens is 1. The third-order valence-corrected chi connectivity index (χ3v) is 2.85. The van der Waals surface area contributed by atoms with Crippen molar-refractivity contribution in [3.63, 3.8) is 0 Å². The number of nitrogens with zero attached hydrogens (tertiary/aromatic N) is 2. The van der Waals surface area contributed by atoms with E-state index in [1.807, 2.05) is 13.0 Å². The first-order chi connectivity index (χ1) is 8.61. The second-order valence-electron chi connectivity index (χ2n) is 4.16. The molecule has 0 heterocycles. The fraction of sp³-hybridized carbons (Fsp3) is 0.429. The number of carbonyl (C=O) groups excluding carboxylic acids is 1. The molecule has 1 rings (SSSR count). The van der Waals surface area contributed by atoms with Gasteiger partial charge < -0.3 is 4.90 Å². The van der Waals surface area contributed by atoms with Gasteiger partial charge in [-0.2, -0.15) is 5.26 Å². The van der Waals surface area contributed by atoms with Gasteiger partial charge in [0.2, 0.25) is 5.91 Å². The van der Waals surface area contributed by atoms with Crippen LogP contribution < -0.4 is 0 Å². The van der Waals surface area contributed by atoms with Gasteiger partial charge in [-0.1, -0.05) is 31.5 Å². The number of hydrogen-bond donors (Lipinski definition) is 0. The molecule has 0 spiro atoms. The Kier molecular flexibility index (Phi) is 5.31. The Morgan fingerprint density at radius 2 is 2.17 bits per heavy atom. The van der Waals surface area contributed by atoms with E-state index in [1.54, 1.807) is 19.2 Å². The minimum absolute atomic E-state index is 0.133. The van der Waals surface area contributed by atoms with Crippen LogP contribution in [-0.2, 0) is 4.79 Å². The molecule has 0 bridgehead atoms. The smallest absolute Gasteiger partial charge is 0.223 e. The molecule has 0 aromatic heterocycles. The highest BCUT2D eigenvalue weighted by molar-refractivity contribution is 5.76. The molecular formula is C14H17FN2O. The van der Waals surface area contributed by atoms with Crippen molar-refractivity contribution < 1.29 is 9.18 Å². The molecule has 4 heteroatoms. The molecule has 0 aliphatic heterocycles. The van der Waals surface area contributed by atoms with E-state index in [-0.39, 0.29) is 11.5 Å². The number of benzene rings is 1. The van der Waals surface area contributed by atoms with Gasteiger partial charge in [0.15, 0.2) is 0 Å². The van der Waals surface area contributed by atoms with Gasteiger partial charge in [0, 0.05) is 19.0 Å². The molecule has 0 radical (unpaired) electrons. The molecule has 1 unspecified atom stereocenters. The van der Waals surface area contributed by atoms with Gasteiger partial charge in [0.1, 0.15) is 11.9 Å². The zero-order chi connectivity index (χ0) is 13.5. The van der Waals surface area contributed by atoms with E-state index in [0.717, 1.165) is 12.8 Å². The summed E-state index contributed by atoms with van der Waals surface area (Å²) < 4.78 is 13.6. The van der Waals surface area contributed by atoms with Crippen LogP contribution in [0.5, 0.6) is 0 Å². The van der Waals surface area contributed by atoms with Crippen LogP contribution in [0.3, 0.4) is 0 Å². The summed E-state index contributed by atoms with van der Waals surface area (Å²) in [6.07, 6.45) is 2.08. The molecule has 1 aromatic rings. The molecule has 1 amide bonds. The van der Waals surface area contributed by atoms with Crippen LogP contribution >= 0.6 is 0 Å². The lowest BCUT2D eigenvalue weighted by Crippen LogP contribution is -2.30. The number of nitriles is 1. The van der Waals surface area contributed by atoms with E-state index < -0.39 is 11.9 Å². The van der Waals surface area contributed by atoms with E-state index in [2.05, 4.69) is 0 Å². The number of unbranched alkanes of at least 4 members (excludes halogenated alkanes) is 1. The van der Waals surface area contributed by atoms with Crippen molar-refractivity contribution in [2.45, 2.75) is 32.2 Å². The highest BCUT2D eigenvalue weighted by Crippen LogP contribution is 2.22. The Morgan fingerprint density at radius 1 is 1.50 bits per heavy atom. The summed E-state index contributed by atoms with van der Waals surface area (Å²) in [7, 11) is 1.54. The van der Waals surface area contributed by atoms with Crippen molar-refractivity contribution in [1.82, 2.24) is 4.90 Å². The minimum Gasteiger partial charge on any atom is -0.326 e. The van der Waals surface area contributed by atoms with Crippen molar-refractivity contribution in [1.29, 1.82) is 5.26 Å². The molecule has 0 saturated heterocycles. The maximum absolute atomic E-state index is 13.6. The summed E-state index contributed by atoms with van der Waals surface area (Å²) in [6, 6.07) is 7.17. The summed E-state index contributed by atoms with van der Waals surface area (Å²) in [5, 5.41) is 9.14. The molecular weight excluding hydrogens is 231 g/mol. The molecule has 18 heavy (non-hydrogen) atoms. The molecule has 1 atom stereocenters. The van der Waals surface area contributed by atoms with Gasteiger partial charge in [0.25, 0.3) is 0 Å². The van der Waals surface area contributed by atoms with Crippen molar-refractivity contribution >= 4 is 5.91 Å². The first kappa shape index (κ1) is 14.2. The average Bonchev–Trinajstić information content (AvgIpc) is 2.38. The Hall–Kier alpha value is -1.89. The normalized spacial score (nSPS) is 11.7. The van der Waals surface area contributed by atoms with Gasteiger partial charge in [-0.3, -0.25) is 4.79 Å². The van der Waals surface area contributed by atoms with Crippen LogP contribution in [0.25, 0.3) is 0 Å². The molecule has 0 N–H and O–H groups in total. The van der Waals surface area contributed by atoms with Gasteiger partial charge in [-0.05, 0) is 12.5 Å². The number of carbonyl (C=O) groups is 1. The van der Waals surface area contributed by atoms with E-state index in [4.69, 9.17) is 5.26 Å². The molecule has 3 nitrogen and oxygen atoms in total. The molecule has 0 aliphatic rings. The second kappa shape index (κ2) is 6.75. The molecule has 96 valence electrons. The lowest BCUT2D eigenvalue weighted by atomic mass is 10.1. The van der Waals surface area contributed by atoms with Gasteiger partial charge in [-0.15, -0.1) is 0 Å². The summed E-state index contributed by atoms with van der Waals surface area (Å²) >= 11 is 0. The standard InChI is InChI=1S/C14H17FN2O/c1-3-4-9-14(18)17(2)13(10-16)11-7-5-6-8-12(11)15/h5-8,13H,3-4,9H2,1-2H3. The van der Waals surface area contributed by atoms with E-state index >= 15 is 0 Å². The fourth-order valence-corrected chi connectivity index (χ4v) is 1.71. The van der Waals surface area contributed by atoms with Crippen molar-refractivity contribution in [3.05, 3.63) is 35.6 Å². The largest absolute Gasteiger partial charge is 0.326 e. The fourth-order valence-electron chi connectivity index (χ4n) is 1.71. The highest BCUT2D eigenvalue weighted by atomic mass is 19.1. The third-order valence-electron chi connectivity index (χ3n) is 2.85. The summed E-state index contributed by atoms with van der Waals surface area (Å²) in [5.74, 6) is -0.592. The van der Waals surface area contributed by atoms with Gasteiger partial charge in [0.05, 0.1) is 6.07 Å². The maximum Gasteiger partial charge on any atom is 0.223 e. The van der Waals surface area contributed by atoms with Crippen molar-refractivity contribution in [2.75, 3.05) is 7.05 Å². The van der Waals surface area contributed by atoms with Crippen molar-refractivity contribution in [2.24, 2.45) is 0 Å². The highest BCUT2D eigenvalue weighted by Gasteiger charge is 2.23. The molecule has 0 saturated carbocycles. The number of hydrogen-bond acceptors (Lipinski definition) is 2. The van der Waals surface area contributed by atoms with E-state index in [0.29, 0.717) is 6.42 Å². The Bertz CT molecular complexity index is 453. The summed E-state index contributed by atoms with van der Waals surface area (Å²) in [5.41, 5.74) is 0.243. The zero-order valence-electron chi connectivity index (χ0n) is 10.7. The lowest BCUT2D eigenvalue weighted by Gasteiger charge is -2.23. The first-order valence-electron chi connectivity index (χ1n) is 6.01. The SMILES string of the molecule is CCCCC(=O)N(C)C(C#N)c1ccccc1F. The van der Waals surface area contributed by atoms with E-state index in [9.17, 15) is 9.18 Å². The van der Waals surface area contributed by atoms with E-state index in [1.165, 1.54) is 17.0 Å². The van der Waals surface area contributed by atoms with Crippen LogP contribution in [0.4, 0.5) is 4.39 Å². The van der Waals surface area contributed by atoms with Crippen LogP contribution in [0.2, 0.25) is 0 Å². The summed E-state index contributed by atoms with van der Waals surface area (Å²) in [6.45, 7) is 1.99. The predicted octanol–water partition coefficient (Wildman–Crippen LogP) is 3.04. The average molecular weight is 248 g/mol. The second-order valence-corrected chi connectivity index (χ2v) is 4.16. The Balaban J connectivity index is 2.88. The Labute approximate surface area is 107 Å². The number of rotatable bonds is 5. The quantitative estimate of drug-likeness (QED) is 0.803. The van der Waals surface area contributed by atoms with Crippen LogP contribution in [-0.4, -0.2) is 17.9 Å². The summed E-state index contributed by atoms with van der Waals surface area (Å²) in [4.78, 5) is 13.2. The molecule has 0 fully saturated rings. The zero-order valence-corrected chi connectivity index (χ0v) is 10.7. The topological polar surface area (TPSA) is 44.1 Å². The predicted molar refractivity (Wildman–Crippen MR) is 67.0 cm³/mol. The number of amides is 1. The third kappa shape index (κ3) is 3.30. The molecule has 0 aliphatic carbocycles. The molecule has 1 aromatic carbocycles.